The number of aliphatic hydroxyl groups is 2. The van der Waals surface area contributed by atoms with Crippen LogP contribution in [0.15, 0.2) is 23.8 Å². The molecule has 102 valence electrons. The Morgan fingerprint density at radius 1 is 1.28 bits per heavy atom. The van der Waals surface area contributed by atoms with E-state index >= 15 is 0 Å². The summed E-state index contributed by atoms with van der Waals surface area (Å²) in [5, 5.41) is 38.1. The van der Waals surface area contributed by atoms with Crippen molar-refractivity contribution in [3.8, 4) is 0 Å². The predicted octanol–water partition coefficient (Wildman–Crippen LogP) is 0.874. The molecule has 0 amide bonds. The van der Waals surface area contributed by atoms with Gasteiger partial charge in [0.15, 0.2) is 0 Å². The zero-order valence-corrected chi connectivity index (χ0v) is 11.0. The fourth-order valence-electron chi connectivity index (χ4n) is 2.23. The number of hydrogen-bond donors (Lipinski definition) is 4. The van der Waals surface area contributed by atoms with E-state index in [0.717, 1.165) is 5.57 Å². The van der Waals surface area contributed by atoms with Crippen molar-refractivity contribution in [2.24, 2.45) is 5.92 Å². The second-order valence-corrected chi connectivity index (χ2v) is 5.44. The van der Waals surface area contributed by atoms with Crippen LogP contribution < -0.4 is 0 Å². The molecule has 3 unspecified atom stereocenters. The van der Waals surface area contributed by atoms with Gasteiger partial charge in [0.1, 0.15) is 0 Å². The van der Waals surface area contributed by atoms with Crippen LogP contribution in [-0.4, -0.2) is 39.6 Å². The smallest absolute Gasteiger partial charge is 0.427 e. The summed E-state index contributed by atoms with van der Waals surface area (Å²) < 4.78 is 0. The van der Waals surface area contributed by atoms with Crippen LogP contribution in [0.5, 0.6) is 0 Å². The minimum Gasteiger partial charge on any atom is -0.427 e. The third-order valence-corrected chi connectivity index (χ3v) is 3.19. The summed E-state index contributed by atoms with van der Waals surface area (Å²) in [5.74, 6) is 0.0151. The SMILES string of the molecule is CC(C)CC(O)CC(O)C1=CC=CC(B(O)O)C1. The van der Waals surface area contributed by atoms with E-state index in [2.05, 4.69) is 0 Å². The van der Waals surface area contributed by atoms with Gasteiger partial charge in [0.2, 0.25) is 0 Å². The molecule has 0 aliphatic heterocycles. The van der Waals surface area contributed by atoms with Crippen LogP contribution in [0.3, 0.4) is 0 Å². The van der Waals surface area contributed by atoms with Crippen LogP contribution in [0, 0.1) is 5.92 Å². The first-order valence-corrected chi connectivity index (χ1v) is 6.49. The van der Waals surface area contributed by atoms with E-state index in [0.29, 0.717) is 25.2 Å². The highest BCUT2D eigenvalue weighted by Gasteiger charge is 2.26. The second kappa shape index (κ2) is 7.09. The predicted molar refractivity (Wildman–Crippen MR) is 71.9 cm³/mol. The molecule has 3 atom stereocenters. The highest BCUT2D eigenvalue weighted by atomic mass is 16.4. The van der Waals surface area contributed by atoms with Gasteiger partial charge in [-0.3, -0.25) is 0 Å². The lowest BCUT2D eigenvalue weighted by molar-refractivity contribution is 0.0825. The Balaban J connectivity index is 2.49. The fourth-order valence-corrected chi connectivity index (χ4v) is 2.23. The lowest BCUT2D eigenvalue weighted by Crippen LogP contribution is -2.26. The molecule has 0 aromatic heterocycles. The Morgan fingerprint density at radius 2 is 1.94 bits per heavy atom. The first-order chi connectivity index (χ1) is 8.40. The minimum atomic E-state index is -1.40. The lowest BCUT2D eigenvalue weighted by atomic mass is 9.67. The molecule has 0 saturated carbocycles. The molecule has 0 spiro atoms. The molecule has 1 rings (SSSR count). The maximum absolute atomic E-state index is 10.0. The van der Waals surface area contributed by atoms with Gasteiger partial charge in [0.05, 0.1) is 12.2 Å². The van der Waals surface area contributed by atoms with Crippen molar-refractivity contribution in [3.05, 3.63) is 23.8 Å². The average Bonchev–Trinajstić information content (AvgIpc) is 2.27. The molecule has 0 heterocycles. The molecule has 4 N–H and O–H groups in total. The van der Waals surface area contributed by atoms with Crippen LogP contribution in [0.25, 0.3) is 0 Å². The minimum absolute atomic E-state index is 0.298. The van der Waals surface area contributed by atoms with Gasteiger partial charge < -0.3 is 20.3 Å². The van der Waals surface area contributed by atoms with Gasteiger partial charge in [-0.2, -0.15) is 0 Å². The molecule has 4 nitrogen and oxygen atoms in total. The molecule has 0 radical (unpaired) electrons. The molecule has 0 bridgehead atoms. The highest BCUT2D eigenvalue weighted by Crippen LogP contribution is 2.28. The first-order valence-electron chi connectivity index (χ1n) is 6.49. The maximum Gasteiger partial charge on any atom is 0.459 e. The zero-order chi connectivity index (χ0) is 13.7. The van der Waals surface area contributed by atoms with Crippen LogP contribution >= 0.6 is 0 Å². The van der Waals surface area contributed by atoms with Gasteiger partial charge in [-0.1, -0.05) is 32.1 Å². The third kappa shape index (κ3) is 4.94. The van der Waals surface area contributed by atoms with Gasteiger partial charge in [-0.25, -0.2) is 0 Å². The molecular formula is C13H23BO4. The quantitative estimate of drug-likeness (QED) is 0.530. The Morgan fingerprint density at radius 3 is 2.50 bits per heavy atom. The van der Waals surface area contributed by atoms with Crippen molar-refractivity contribution in [1.82, 2.24) is 0 Å². The van der Waals surface area contributed by atoms with E-state index < -0.39 is 19.3 Å². The second-order valence-electron chi connectivity index (χ2n) is 5.44. The van der Waals surface area contributed by atoms with Crippen LogP contribution in [-0.2, 0) is 0 Å². The van der Waals surface area contributed by atoms with E-state index in [9.17, 15) is 10.2 Å². The van der Waals surface area contributed by atoms with Gasteiger partial charge >= 0.3 is 7.12 Å². The van der Waals surface area contributed by atoms with Crippen LogP contribution in [0.4, 0.5) is 0 Å². The molecule has 1 aliphatic carbocycles. The Hall–Kier alpha value is -0.615. The van der Waals surface area contributed by atoms with Gasteiger partial charge in [0, 0.05) is 12.2 Å². The van der Waals surface area contributed by atoms with Crippen LogP contribution in [0.2, 0.25) is 5.82 Å². The monoisotopic (exact) mass is 254 g/mol. The van der Waals surface area contributed by atoms with Crippen molar-refractivity contribution in [2.45, 2.75) is 51.1 Å². The lowest BCUT2D eigenvalue weighted by Gasteiger charge is -2.23. The van der Waals surface area contributed by atoms with Crippen LogP contribution in [0.1, 0.15) is 33.1 Å². The van der Waals surface area contributed by atoms with Gasteiger partial charge in [-0.05, 0) is 24.3 Å². The van der Waals surface area contributed by atoms with E-state index in [4.69, 9.17) is 10.0 Å². The van der Waals surface area contributed by atoms with Gasteiger partial charge in [0.25, 0.3) is 0 Å². The highest BCUT2D eigenvalue weighted by molar-refractivity contribution is 6.44. The summed E-state index contributed by atoms with van der Waals surface area (Å²) in [6.07, 6.45) is 5.36. The van der Waals surface area contributed by atoms with E-state index in [1.165, 1.54) is 0 Å². The Labute approximate surface area is 109 Å². The Bertz CT molecular complexity index is 312. The summed E-state index contributed by atoms with van der Waals surface area (Å²) in [5.41, 5.74) is 0.749. The number of aliphatic hydroxyl groups excluding tert-OH is 2. The van der Waals surface area contributed by atoms with Crippen molar-refractivity contribution in [2.75, 3.05) is 0 Å². The van der Waals surface area contributed by atoms with E-state index in [-0.39, 0.29) is 5.82 Å². The number of rotatable bonds is 6. The van der Waals surface area contributed by atoms with Crippen molar-refractivity contribution in [3.63, 3.8) is 0 Å². The zero-order valence-electron chi connectivity index (χ0n) is 11.0. The molecule has 1 aliphatic rings. The first kappa shape index (κ1) is 15.4. The summed E-state index contributed by atoms with van der Waals surface area (Å²) in [7, 11) is -1.40. The standard InChI is InChI=1S/C13H23BO4/c1-9(2)6-12(15)8-13(16)10-4-3-5-11(7-10)14(17)18/h3-5,9,11-13,15-18H,6-8H2,1-2H3. The summed E-state index contributed by atoms with van der Waals surface area (Å²) in [4.78, 5) is 0. The topological polar surface area (TPSA) is 80.9 Å². The Kier molecular flexibility index (Phi) is 6.08. The third-order valence-electron chi connectivity index (χ3n) is 3.19. The summed E-state index contributed by atoms with van der Waals surface area (Å²) >= 11 is 0. The van der Waals surface area contributed by atoms with Crippen molar-refractivity contribution < 1.29 is 20.3 Å². The molecule has 18 heavy (non-hydrogen) atoms. The summed E-state index contributed by atoms with van der Waals surface area (Å²) in [6, 6.07) is 0. The fraction of sp³-hybridized carbons (Fsp3) is 0.692. The molecule has 0 aromatic carbocycles. The molecule has 0 saturated heterocycles. The maximum atomic E-state index is 10.0. The molecular weight excluding hydrogens is 231 g/mol. The molecule has 5 heteroatoms. The van der Waals surface area contributed by atoms with E-state index in [1.54, 1.807) is 18.2 Å². The normalized spacial score (nSPS) is 22.8. The number of hydrogen-bond acceptors (Lipinski definition) is 4. The average molecular weight is 254 g/mol. The summed E-state index contributed by atoms with van der Waals surface area (Å²) in [6.45, 7) is 4.05. The van der Waals surface area contributed by atoms with E-state index in [1.807, 2.05) is 13.8 Å². The van der Waals surface area contributed by atoms with Crippen molar-refractivity contribution >= 4 is 7.12 Å². The molecule has 0 aromatic rings. The number of allylic oxidation sites excluding steroid dienone is 3. The van der Waals surface area contributed by atoms with Crippen molar-refractivity contribution in [1.29, 1.82) is 0 Å². The largest absolute Gasteiger partial charge is 0.459 e. The molecule has 0 fully saturated rings. The van der Waals surface area contributed by atoms with Gasteiger partial charge in [-0.15, -0.1) is 0 Å².